The second-order valence-corrected chi connectivity index (χ2v) is 7.24. The van der Waals surface area contributed by atoms with E-state index < -0.39 is 0 Å². The Bertz CT molecular complexity index is 902. The highest BCUT2D eigenvalue weighted by molar-refractivity contribution is 6.34. The summed E-state index contributed by atoms with van der Waals surface area (Å²) in [5.41, 5.74) is 3.99. The Morgan fingerprint density at radius 1 is 0.926 bits per heavy atom. The van der Waals surface area contributed by atoms with E-state index in [4.69, 9.17) is 11.6 Å². The van der Waals surface area contributed by atoms with E-state index in [-0.39, 0.29) is 12.4 Å². The molecule has 0 unspecified atom stereocenters. The molecule has 2 heterocycles. The predicted molar refractivity (Wildman–Crippen MR) is 117 cm³/mol. The molecule has 4 rings (SSSR count). The van der Waals surface area contributed by atoms with Crippen LogP contribution in [0.3, 0.4) is 0 Å². The lowest BCUT2D eigenvalue weighted by Crippen LogP contribution is -2.29. The van der Waals surface area contributed by atoms with Crippen LogP contribution in [0, 0.1) is 0 Å². The molecule has 0 saturated carbocycles. The smallest absolute Gasteiger partial charge is 0.158 e. The van der Waals surface area contributed by atoms with Crippen molar-refractivity contribution in [3.63, 3.8) is 0 Å². The number of rotatable bonds is 6. The largest absolute Gasteiger partial charge is 0.299 e. The molecule has 142 valence electrons. The van der Waals surface area contributed by atoms with Crippen molar-refractivity contribution < 1.29 is 0 Å². The van der Waals surface area contributed by atoms with Crippen molar-refractivity contribution >= 4 is 40.5 Å². The number of halogens is 2. The summed E-state index contributed by atoms with van der Waals surface area (Å²) >= 11 is 6.23. The maximum absolute atomic E-state index is 6.23. The maximum Gasteiger partial charge on any atom is 0.158 e. The molecule has 0 radical (unpaired) electrons. The Kier molecular flexibility index (Phi) is 6.95. The Hall–Kier alpha value is -1.81. The van der Waals surface area contributed by atoms with E-state index in [0.717, 1.165) is 49.9 Å². The van der Waals surface area contributed by atoms with Gasteiger partial charge in [0.05, 0.1) is 5.52 Å². The molecular weight excluding hydrogens is 377 g/mol. The molecule has 3 aromatic rings. The maximum atomic E-state index is 6.23. The van der Waals surface area contributed by atoms with E-state index in [1.807, 2.05) is 22.9 Å². The van der Waals surface area contributed by atoms with Crippen LogP contribution in [0.25, 0.3) is 16.5 Å². The van der Waals surface area contributed by atoms with Gasteiger partial charge in [0.1, 0.15) is 0 Å². The molecule has 0 bridgehead atoms. The van der Waals surface area contributed by atoms with Crippen LogP contribution in [-0.2, 0) is 6.54 Å². The molecule has 2 aromatic carbocycles. The highest BCUT2D eigenvalue weighted by Crippen LogP contribution is 2.23. The zero-order valence-corrected chi connectivity index (χ0v) is 16.9. The molecule has 27 heavy (non-hydrogen) atoms. The van der Waals surface area contributed by atoms with Gasteiger partial charge in [-0.25, -0.2) is 0 Å². The third-order valence-corrected chi connectivity index (χ3v) is 5.42. The van der Waals surface area contributed by atoms with Crippen LogP contribution >= 0.6 is 24.0 Å². The third-order valence-electron chi connectivity index (χ3n) is 5.14. The standard InChI is InChI=1S/C22H24ClN3.ClH/c23-22-20-10-4-5-11-21(20)26(24-22)15-7-6-14-25-16-12-19(13-17-25)18-8-2-1-3-9-18;/h1-5,8-12H,6-7,13-17H2;1H. The minimum absolute atomic E-state index is 0. The third kappa shape index (κ3) is 4.73. The summed E-state index contributed by atoms with van der Waals surface area (Å²) in [6.45, 7) is 4.27. The van der Waals surface area contributed by atoms with Crippen molar-refractivity contribution in [2.24, 2.45) is 0 Å². The van der Waals surface area contributed by atoms with Crippen molar-refractivity contribution in [2.75, 3.05) is 19.6 Å². The first kappa shape index (κ1) is 19.9. The van der Waals surface area contributed by atoms with Gasteiger partial charge in [0, 0.05) is 25.0 Å². The normalized spacial score (nSPS) is 14.8. The number of fused-ring (bicyclic) bond motifs is 1. The molecule has 0 spiro atoms. The molecule has 0 saturated heterocycles. The van der Waals surface area contributed by atoms with Crippen LogP contribution in [0.5, 0.6) is 0 Å². The zero-order chi connectivity index (χ0) is 17.8. The Morgan fingerprint density at radius 3 is 2.44 bits per heavy atom. The summed E-state index contributed by atoms with van der Waals surface area (Å²) in [7, 11) is 0. The number of para-hydroxylation sites is 1. The second-order valence-electron chi connectivity index (χ2n) is 6.88. The fourth-order valence-corrected chi connectivity index (χ4v) is 3.93. The Labute approximate surface area is 172 Å². The molecule has 0 amide bonds. The number of benzene rings is 2. The van der Waals surface area contributed by atoms with Crippen molar-refractivity contribution in [3.8, 4) is 0 Å². The van der Waals surface area contributed by atoms with Gasteiger partial charge in [-0.15, -0.1) is 12.4 Å². The van der Waals surface area contributed by atoms with E-state index >= 15 is 0 Å². The van der Waals surface area contributed by atoms with E-state index in [0.29, 0.717) is 5.15 Å². The van der Waals surface area contributed by atoms with Crippen molar-refractivity contribution in [2.45, 2.75) is 25.8 Å². The van der Waals surface area contributed by atoms with Crippen molar-refractivity contribution in [1.29, 1.82) is 0 Å². The molecule has 5 heteroatoms. The van der Waals surface area contributed by atoms with Crippen molar-refractivity contribution in [1.82, 2.24) is 14.7 Å². The number of aryl methyl sites for hydroxylation is 1. The van der Waals surface area contributed by atoms with Crippen LogP contribution in [0.2, 0.25) is 5.15 Å². The highest BCUT2D eigenvalue weighted by atomic mass is 35.5. The van der Waals surface area contributed by atoms with Crippen LogP contribution in [0.15, 0.2) is 60.7 Å². The zero-order valence-electron chi connectivity index (χ0n) is 15.4. The molecule has 0 atom stereocenters. The van der Waals surface area contributed by atoms with Crippen LogP contribution < -0.4 is 0 Å². The van der Waals surface area contributed by atoms with Gasteiger partial charge in [-0.2, -0.15) is 5.10 Å². The number of hydrogen-bond acceptors (Lipinski definition) is 2. The van der Waals surface area contributed by atoms with Crippen LogP contribution in [0.1, 0.15) is 24.8 Å². The minimum atomic E-state index is 0. The Balaban J connectivity index is 0.00000210. The van der Waals surface area contributed by atoms with Gasteiger partial charge >= 0.3 is 0 Å². The monoisotopic (exact) mass is 401 g/mol. The quantitative estimate of drug-likeness (QED) is 0.495. The van der Waals surface area contributed by atoms with E-state index in [1.165, 1.54) is 17.6 Å². The first-order valence-electron chi connectivity index (χ1n) is 9.39. The van der Waals surface area contributed by atoms with Crippen LogP contribution in [0.4, 0.5) is 0 Å². The van der Waals surface area contributed by atoms with E-state index in [1.54, 1.807) is 0 Å². The van der Waals surface area contributed by atoms with Gasteiger partial charge in [-0.3, -0.25) is 9.58 Å². The van der Waals surface area contributed by atoms with Gasteiger partial charge in [0.25, 0.3) is 0 Å². The number of hydrogen-bond donors (Lipinski definition) is 0. The van der Waals surface area contributed by atoms with Gasteiger partial charge in [0.2, 0.25) is 0 Å². The molecular formula is C22H25Cl2N3. The molecule has 0 N–H and O–H groups in total. The Morgan fingerprint density at radius 2 is 1.67 bits per heavy atom. The fraction of sp³-hybridized carbons (Fsp3) is 0.318. The minimum Gasteiger partial charge on any atom is -0.299 e. The van der Waals surface area contributed by atoms with Gasteiger partial charge in [-0.05, 0) is 49.1 Å². The first-order chi connectivity index (χ1) is 12.8. The molecule has 1 aliphatic rings. The number of nitrogens with zero attached hydrogens (tertiary/aromatic N) is 3. The lowest BCUT2D eigenvalue weighted by Gasteiger charge is -2.26. The van der Waals surface area contributed by atoms with Crippen molar-refractivity contribution in [3.05, 3.63) is 71.4 Å². The second kappa shape index (κ2) is 9.41. The van der Waals surface area contributed by atoms with E-state index in [9.17, 15) is 0 Å². The van der Waals surface area contributed by atoms with Crippen LogP contribution in [-0.4, -0.2) is 34.3 Å². The topological polar surface area (TPSA) is 21.1 Å². The number of aromatic nitrogens is 2. The number of unbranched alkanes of at least 4 members (excludes halogenated alkanes) is 1. The highest BCUT2D eigenvalue weighted by Gasteiger charge is 2.13. The molecule has 1 aromatic heterocycles. The molecule has 0 aliphatic carbocycles. The summed E-state index contributed by atoms with van der Waals surface area (Å²) in [6.07, 6.45) is 5.83. The summed E-state index contributed by atoms with van der Waals surface area (Å²) in [6, 6.07) is 18.9. The summed E-state index contributed by atoms with van der Waals surface area (Å²) in [4.78, 5) is 2.54. The fourth-order valence-electron chi connectivity index (χ4n) is 3.68. The lowest BCUT2D eigenvalue weighted by atomic mass is 9.99. The van der Waals surface area contributed by atoms with Gasteiger partial charge in [-0.1, -0.05) is 60.1 Å². The molecule has 3 nitrogen and oxygen atoms in total. The summed E-state index contributed by atoms with van der Waals surface area (Å²) in [5, 5.41) is 6.13. The van der Waals surface area contributed by atoms with Gasteiger partial charge < -0.3 is 0 Å². The lowest BCUT2D eigenvalue weighted by molar-refractivity contribution is 0.292. The van der Waals surface area contributed by atoms with E-state index in [2.05, 4.69) is 52.5 Å². The molecule has 0 fully saturated rings. The summed E-state index contributed by atoms with van der Waals surface area (Å²) < 4.78 is 2.04. The average molecular weight is 402 g/mol. The average Bonchev–Trinajstić information content (AvgIpc) is 3.03. The predicted octanol–water partition coefficient (Wildman–Crippen LogP) is 5.68. The first-order valence-corrected chi connectivity index (χ1v) is 9.77. The molecule has 1 aliphatic heterocycles. The van der Waals surface area contributed by atoms with Gasteiger partial charge in [0.15, 0.2) is 5.15 Å². The SMILES string of the molecule is Cl.Clc1nn(CCCCN2CC=C(c3ccccc3)CC2)c2ccccc12. The summed E-state index contributed by atoms with van der Waals surface area (Å²) in [5.74, 6) is 0.